The summed E-state index contributed by atoms with van der Waals surface area (Å²) in [6.45, 7) is 2.66. The van der Waals surface area contributed by atoms with E-state index in [1.54, 1.807) is 18.2 Å². The Labute approximate surface area is 157 Å². The summed E-state index contributed by atoms with van der Waals surface area (Å²) in [5.74, 6) is -1.73. The molecule has 1 aliphatic rings. The third-order valence-corrected chi connectivity index (χ3v) is 4.37. The number of nitrogens with zero attached hydrogens (tertiary/aromatic N) is 2. The highest BCUT2D eigenvalue weighted by atomic mass is 35.5. The van der Waals surface area contributed by atoms with Crippen LogP contribution in [-0.4, -0.2) is 24.6 Å². The molecule has 0 aromatic heterocycles. The number of benzene rings is 2. The molecule has 1 N–H and O–H groups in total. The number of halogens is 1. The molecule has 2 aromatic carbocycles. The highest BCUT2D eigenvalue weighted by Gasteiger charge is 2.36. The van der Waals surface area contributed by atoms with Crippen molar-refractivity contribution in [3.05, 3.63) is 53.6 Å². The number of amides is 2. The van der Waals surface area contributed by atoms with Crippen LogP contribution in [0.15, 0.2) is 53.5 Å². The van der Waals surface area contributed by atoms with Crippen LogP contribution in [0.4, 0.5) is 17.1 Å². The van der Waals surface area contributed by atoms with Crippen molar-refractivity contribution < 1.29 is 9.59 Å². The molecule has 0 spiro atoms. The zero-order valence-corrected chi connectivity index (χ0v) is 15.2. The predicted octanol–water partition coefficient (Wildman–Crippen LogP) is 4.44. The van der Waals surface area contributed by atoms with Gasteiger partial charge in [-0.05, 0) is 36.8 Å². The van der Waals surface area contributed by atoms with Gasteiger partial charge >= 0.3 is 0 Å². The summed E-state index contributed by atoms with van der Waals surface area (Å²) in [4.78, 5) is 31.7. The molecule has 6 heteroatoms. The normalized spacial score (nSPS) is 17.2. The molecule has 0 aliphatic carbocycles. The molecule has 26 heavy (non-hydrogen) atoms. The first-order chi connectivity index (χ1) is 12.6. The third kappa shape index (κ3) is 3.78. The van der Waals surface area contributed by atoms with Crippen molar-refractivity contribution in [1.29, 1.82) is 0 Å². The van der Waals surface area contributed by atoms with Gasteiger partial charge in [0.15, 0.2) is 5.92 Å². The number of carbonyl (C=O) groups excluding carboxylic acids is 2. The lowest BCUT2D eigenvalue weighted by atomic mass is 10.1. The van der Waals surface area contributed by atoms with Crippen molar-refractivity contribution in [1.82, 2.24) is 0 Å². The molecule has 0 saturated heterocycles. The molecule has 1 unspecified atom stereocenters. The van der Waals surface area contributed by atoms with Gasteiger partial charge in [-0.25, -0.2) is 0 Å². The lowest BCUT2D eigenvalue weighted by Gasteiger charge is -2.24. The topological polar surface area (TPSA) is 61.8 Å². The molecule has 134 valence electrons. The minimum atomic E-state index is -0.988. The molecule has 1 atom stereocenters. The zero-order chi connectivity index (χ0) is 18.5. The lowest BCUT2D eigenvalue weighted by Crippen LogP contribution is -2.37. The standard InChI is InChI=1S/C20H20ClN3O2/c1-2-3-11-22-13-16-19(25)23-17-10-9-14(21)12-18(17)24(20(16)26)15-7-5-4-6-8-15/h4-10,12-13,16H,2-3,11H2,1H3,(H,23,25). The fourth-order valence-corrected chi connectivity index (χ4v) is 2.95. The van der Waals surface area contributed by atoms with E-state index in [0.29, 0.717) is 28.6 Å². The molecule has 5 nitrogen and oxygen atoms in total. The number of aliphatic imine (C=N–C) groups is 1. The van der Waals surface area contributed by atoms with E-state index in [1.807, 2.05) is 30.3 Å². The molecule has 3 rings (SSSR count). The van der Waals surface area contributed by atoms with Crippen LogP contribution in [-0.2, 0) is 9.59 Å². The van der Waals surface area contributed by atoms with Gasteiger partial charge in [0.05, 0.1) is 11.4 Å². The number of nitrogens with one attached hydrogen (secondary N) is 1. The monoisotopic (exact) mass is 369 g/mol. The average molecular weight is 370 g/mol. The molecule has 1 heterocycles. The van der Waals surface area contributed by atoms with Crippen molar-refractivity contribution in [2.24, 2.45) is 10.9 Å². The fraction of sp³-hybridized carbons (Fsp3) is 0.250. The summed E-state index contributed by atoms with van der Waals surface area (Å²) >= 11 is 6.14. The predicted molar refractivity (Wildman–Crippen MR) is 105 cm³/mol. The number of anilines is 3. The van der Waals surface area contributed by atoms with E-state index in [4.69, 9.17) is 11.6 Å². The number of unbranched alkanes of at least 4 members (excludes halogenated alkanes) is 1. The maximum absolute atomic E-state index is 13.2. The molecule has 0 saturated carbocycles. The Balaban J connectivity index is 2.06. The van der Waals surface area contributed by atoms with Gasteiger partial charge in [-0.15, -0.1) is 0 Å². The van der Waals surface area contributed by atoms with Crippen LogP contribution in [0.3, 0.4) is 0 Å². The molecule has 2 amide bonds. The van der Waals surface area contributed by atoms with Gasteiger partial charge in [-0.2, -0.15) is 0 Å². The van der Waals surface area contributed by atoms with Gasteiger partial charge in [0.25, 0.3) is 0 Å². The minimum absolute atomic E-state index is 0.352. The number of carbonyl (C=O) groups is 2. The van der Waals surface area contributed by atoms with Crippen LogP contribution in [0, 0.1) is 5.92 Å². The van der Waals surface area contributed by atoms with E-state index in [1.165, 1.54) is 11.1 Å². The maximum atomic E-state index is 13.2. The van der Waals surface area contributed by atoms with E-state index < -0.39 is 11.8 Å². The van der Waals surface area contributed by atoms with Gasteiger partial charge in [-0.3, -0.25) is 19.5 Å². The second-order valence-electron chi connectivity index (χ2n) is 6.05. The SMILES string of the molecule is CCCCN=CC1C(=O)Nc2ccc(Cl)cc2N(c2ccccc2)C1=O. The number of hydrogen-bond donors (Lipinski definition) is 1. The number of fused-ring (bicyclic) bond motifs is 1. The van der Waals surface area contributed by atoms with Crippen LogP contribution >= 0.6 is 11.6 Å². The largest absolute Gasteiger partial charge is 0.323 e. The van der Waals surface area contributed by atoms with Crippen LogP contribution in [0.25, 0.3) is 0 Å². The second kappa shape index (κ2) is 8.15. The smallest absolute Gasteiger partial charge is 0.249 e. The fourth-order valence-electron chi connectivity index (χ4n) is 2.78. The highest BCUT2D eigenvalue weighted by Crippen LogP contribution is 2.37. The molecule has 1 aliphatic heterocycles. The third-order valence-electron chi connectivity index (χ3n) is 4.14. The van der Waals surface area contributed by atoms with Crippen LogP contribution in [0.1, 0.15) is 19.8 Å². The Bertz CT molecular complexity index is 836. The van der Waals surface area contributed by atoms with E-state index in [9.17, 15) is 9.59 Å². The first-order valence-corrected chi connectivity index (χ1v) is 8.99. The van der Waals surface area contributed by atoms with E-state index in [0.717, 1.165) is 12.8 Å². The summed E-state index contributed by atoms with van der Waals surface area (Å²) in [6, 6.07) is 14.3. The average Bonchev–Trinajstić information content (AvgIpc) is 2.74. The summed E-state index contributed by atoms with van der Waals surface area (Å²) < 4.78 is 0. The van der Waals surface area contributed by atoms with E-state index >= 15 is 0 Å². The van der Waals surface area contributed by atoms with Crippen LogP contribution in [0.2, 0.25) is 5.02 Å². The van der Waals surface area contributed by atoms with Crippen molar-refractivity contribution in [3.8, 4) is 0 Å². The number of rotatable bonds is 5. The first kappa shape index (κ1) is 18.1. The number of para-hydroxylation sites is 1. The van der Waals surface area contributed by atoms with Crippen molar-refractivity contribution in [3.63, 3.8) is 0 Å². The Morgan fingerprint density at radius 2 is 1.96 bits per heavy atom. The Kier molecular flexibility index (Phi) is 5.68. The Hall–Kier alpha value is -2.66. The second-order valence-corrected chi connectivity index (χ2v) is 6.48. The molecule has 0 fully saturated rings. The van der Waals surface area contributed by atoms with Gasteiger partial charge < -0.3 is 5.32 Å². The van der Waals surface area contributed by atoms with Crippen molar-refractivity contribution in [2.45, 2.75) is 19.8 Å². The molecule has 2 aromatic rings. The summed E-state index contributed by atoms with van der Waals surface area (Å²) in [7, 11) is 0. The quantitative estimate of drug-likeness (QED) is 0.481. The van der Waals surface area contributed by atoms with Crippen molar-refractivity contribution >= 4 is 46.7 Å². The highest BCUT2D eigenvalue weighted by molar-refractivity contribution is 6.32. The van der Waals surface area contributed by atoms with Gasteiger partial charge in [0, 0.05) is 23.5 Å². The Morgan fingerprint density at radius 1 is 1.19 bits per heavy atom. The summed E-state index contributed by atoms with van der Waals surface area (Å²) in [6.07, 6.45) is 3.37. The molecular formula is C20H20ClN3O2. The first-order valence-electron chi connectivity index (χ1n) is 8.61. The molecular weight excluding hydrogens is 350 g/mol. The van der Waals surface area contributed by atoms with Gasteiger partial charge in [0.2, 0.25) is 11.8 Å². The Morgan fingerprint density at radius 3 is 2.69 bits per heavy atom. The molecule has 0 radical (unpaired) electrons. The van der Waals surface area contributed by atoms with Crippen LogP contribution < -0.4 is 10.2 Å². The summed E-state index contributed by atoms with van der Waals surface area (Å²) in [5, 5.41) is 3.31. The van der Waals surface area contributed by atoms with Gasteiger partial charge in [-0.1, -0.05) is 43.1 Å². The van der Waals surface area contributed by atoms with E-state index in [2.05, 4.69) is 17.2 Å². The van der Waals surface area contributed by atoms with E-state index in [-0.39, 0.29) is 5.91 Å². The number of hydrogen-bond acceptors (Lipinski definition) is 3. The van der Waals surface area contributed by atoms with Gasteiger partial charge in [0.1, 0.15) is 0 Å². The maximum Gasteiger partial charge on any atom is 0.249 e. The lowest BCUT2D eigenvalue weighted by molar-refractivity contribution is -0.127. The minimum Gasteiger partial charge on any atom is -0.323 e. The molecule has 0 bridgehead atoms. The zero-order valence-electron chi connectivity index (χ0n) is 14.5. The van der Waals surface area contributed by atoms with Crippen LogP contribution in [0.5, 0.6) is 0 Å². The van der Waals surface area contributed by atoms with Crippen molar-refractivity contribution in [2.75, 3.05) is 16.8 Å². The summed E-state index contributed by atoms with van der Waals surface area (Å²) in [5.41, 5.74) is 1.76.